The second-order valence-electron chi connectivity index (χ2n) is 4.20. The Hall–Kier alpha value is -2.24. The zero-order valence-electron chi connectivity index (χ0n) is 10.2. The van der Waals surface area contributed by atoms with Crippen LogP contribution in [0.15, 0.2) is 24.4 Å². The number of anilines is 2. The highest BCUT2D eigenvalue weighted by Crippen LogP contribution is 2.35. The largest absolute Gasteiger partial charge is 0.486 e. The lowest BCUT2D eigenvalue weighted by Crippen LogP contribution is -2.30. The Morgan fingerprint density at radius 3 is 2.95 bits per heavy atom. The van der Waals surface area contributed by atoms with Crippen molar-refractivity contribution >= 4 is 11.5 Å². The van der Waals surface area contributed by atoms with Crippen molar-refractivity contribution in [3.05, 3.63) is 41.9 Å². The molecule has 98 valence electrons. The zero-order chi connectivity index (χ0) is 13.4. The third kappa shape index (κ3) is 2.09. The SMILES string of the molecule is Cc1ncc2c(n1)N(c1ccc(F)cc1F)CCO2. The average molecular weight is 263 g/mol. The third-order valence-electron chi connectivity index (χ3n) is 2.89. The van der Waals surface area contributed by atoms with Gasteiger partial charge in [-0.15, -0.1) is 0 Å². The van der Waals surface area contributed by atoms with Gasteiger partial charge >= 0.3 is 0 Å². The summed E-state index contributed by atoms with van der Waals surface area (Å²) < 4.78 is 32.3. The molecule has 2 heterocycles. The molecule has 3 rings (SSSR count). The summed E-state index contributed by atoms with van der Waals surface area (Å²) in [5.41, 5.74) is 0.282. The number of aromatic nitrogens is 2. The minimum Gasteiger partial charge on any atom is -0.486 e. The fourth-order valence-electron chi connectivity index (χ4n) is 2.03. The van der Waals surface area contributed by atoms with Crippen LogP contribution >= 0.6 is 0 Å². The Bertz CT molecular complexity index is 633. The topological polar surface area (TPSA) is 38.2 Å². The normalized spacial score (nSPS) is 13.9. The first-order valence-electron chi connectivity index (χ1n) is 5.84. The van der Waals surface area contributed by atoms with Crippen molar-refractivity contribution in [3.63, 3.8) is 0 Å². The smallest absolute Gasteiger partial charge is 0.180 e. The number of rotatable bonds is 1. The molecule has 1 aromatic carbocycles. The molecule has 19 heavy (non-hydrogen) atoms. The highest BCUT2D eigenvalue weighted by atomic mass is 19.1. The first-order valence-corrected chi connectivity index (χ1v) is 5.84. The molecular weight excluding hydrogens is 252 g/mol. The van der Waals surface area contributed by atoms with Crippen LogP contribution in [0.2, 0.25) is 0 Å². The van der Waals surface area contributed by atoms with E-state index in [1.165, 1.54) is 12.1 Å². The fourth-order valence-corrected chi connectivity index (χ4v) is 2.03. The van der Waals surface area contributed by atoms with Crippen molar-refractivity contribution in [3.8, 4) is 5.75 Å². The van der Waals surface area contributed by atoms with Gasteiger partial charge in [0.15, 0.2) is 11.6 Å². The average Bonchev–Trinajstić information content (AvgIpc) is 2.38. The molecule has 0 unspecified atom stereocenters. The van der Waals surface area contributed by atoms with E-state index in [1.807, 2.05) is 0 Å². The molecule has 2 aromatic rings. The standard InChI is InChI=1S/C13H11F2N3O/c1-8-16-7-12-13(17-8)18(4-5-19-12)11-3-2-9(14)6-10(11)15/h2-3,6-7H,4-5H2,1H3. The van der Waals surface area contributed by atoms with Gasteiger partial charge in [-0.2, -0.15) is 0 Å². The highest BCUT2D eigenvalue weighted by molar-refractivity contribution is 5.66. The molecule has 0 atom stereocenters. The molecule has 0 saturated carbocycles. The number of fused-ring (bicyclic) bond motifs is 1. The maximum atomic E-state index is 13.9. The Morgan fingerprint density at radius 2 is 2.16 bits per heavy atom. The monoisotopic (exact) mass is 263 g/mol. The molecule has 0 aliphatic carbocycles. The third-order valence-corrected chi connectivity index (χ3v) is 2.89. The molecule has 1 aliphatic heterocycles. The lowest BCUT2D eigenvalue weighted by molar-refractivity contribution is 0.309. The van der Waals surface area contributed by atoms with Crippen molar-refractivity contribution in [2.45, 2.75) is 6.92 Å². The quantitative estimate of drug-likeness (QED) is 0.792. The number of benzene rings is 1. The van der Waals surface area contributed by atoms with E-state index in [9.17, 15) is 8.78 Å². The summed E-state index contributed by atoms with van der Waals surface area (Å²) in [5.74, 6) is 0.347. The van der Waals surface area contributed by atoms with Gasteiger partial charge in [-0.25, -0.2) is 18.7 Å². The Balaban J connectivity index is 2.10. The number of halogens is 2. The maximum Gasteiger partial charge on any atom is 0.180 e. The summed E-state index contributed by atoms with van der Waals surface area (Å²) in [6.45, 7) is 2.59. The Morgan fingerprint density at radius 1 is 1.32 bits per heavy atom. The molecule has 0 spiro atoms. The number of hydrogen-bond acceptors (Lipinski definition) is 4. The van der Waals surface area contributed by atoms with Gasteiger partial charge < -0.3 is 9.64 Å². The number of nitrogens with zero attached hydrogens (tertiary/aromatic N) is 3. The molecule has 0 radical (unpaired) electrons. The minimum atomic E-state index is -0.621. The van der Waals surface area contributed by atoms with Crippen LogP contribution in [0.5, 0.6) is 5.75 Å². The van der Waals surface area contributed by atoms with Crippen LogP contribution in [-0.2, 0) is 0 Å². The van der Waals surface area contributed by atoms with Gasteiger partial charge in [0.2, 0.25) is 0 Å². The molecule has 1 aromatic heterocycles. The van der Waals surface area contributed by atoms with Gasteiger partial charge in [-0.3, -0.25) is 0 Å². The molecule has 1 aliphatic rings. The van der Waals surface area contributed by atoms with Crippen molar-refractivity contribution in [2.75, 3.05) is 18.1 Å². The second kappa shape index (κ2) is 4.46. The zero-order valence-corrected chi connectivity index (χ0v) is 10.2. The van der Waals surface area contributed by atoms with E-state index in [-0.39, 0.29) is 5.69 Å². The van der Waals surface area contributed by atoms with E-state index >= 15 is 0 Å². The van der Waals surface area contributed by atoms with E-state index in [2.05, 4.69) is 9.97 Å². The van der Waals surface area contributed by atoms with Crippen molar-refractivity contribution < 1.29 is 13.5 Å². The summed E-state index contributed by atoms with van der Waals surface area (Å²) >= 11 is 0. The van der Waals surface area contributed by atoms with E-state index in [0.717, 1.165) is 6.07 Å². The van der Waals surface area contributed by atoms with Crippen LogP contribution < -0.4 is 9.64 Å². The van der Waals surface area contributed by atoms with Gasteiger partial charge in [0.25, 0.3) is 0 Å². The predicted molar refractivity (Wildman–Crippen MR) is 65.6 cm³/mol. The molecule has 0 saturated heterocycles. The van der Waals surface area contributed by atoms with Crippen LogP contribution in [0.3, 0.4) is 0 Å². The highest BCUT2D eigenvalue weighted by Gasteiger charge is 2.24. The Kier molecular flexibility index (Phi) is 2.77. The van der Waals surface area contributed by atoms with Crippen LogP contribution in [0.1, 0.15) is 5.82 Å². The van der Waals surface area contributed by atoms with E-state index in [1.54, 1.807) is 18.0 Å². The fraction of sp³-hybridized carbons (Fsp3) is 0.231. The van der Waals surface area contributed by atoms with E-state index in [0.29, 0.717) is 30.5 Å². The molecular formula is C13H11F2N3O. The number of hydrogen-bond donors (Lipinski definition) is 0. The van der Waals surface area contributed by atoms with Crippen LogP contribution in [0.4, 0.5) is 20.3 Å². The molecule has 0 fully saturated rings. The lowest BCUT2D eigenvalue weighted by Gasteiger charge is -2.30. The van der Waals surface area contributed by atoms with Crippen LogP contribution in [-0.4, -0.2) is 23.1 Å². The summed E-state index contributed by atoms with van der Waals surface area (Å²) in [6.07, 6.45) is 1.56. The number of ether oxygens (including phenoxy) is 1. The summed E-state index contributed by atoms with van der Waals surface area (Å²) in [6, 6.07) is 3.48. The van der Waals surface area contributed by atoms with Gasteiger partial charge in [0.05, 0.1) is 18.4 Å². The maximum absolute atomic E-state index is 13.9. The van der Waals surface area contributed by atoms with Gasteiger partial charge in [0.1, 0.15) is 24.1 Å². The molecule has 6 heteroatoms. The van der Waals surface area contributed by atoms with Crippen LogP contribution in [0.25, 0.3) is 0 Å². The molecule has 0 bridgehead atoms. The summed E-state index contributed by atoms with van der Waals surface area (Å²) in [5, 5.41) is 0. The Labute approximate surface area is 108 Å². The second-order valence-corrected chi connectivity index (χ2v) is 4.20. The minimum absolute atomic E-state index is 0.282. The van der Waals surface area contributed by atoms with E-state index < -0.39 is 11.6 Å². The molecule has 4 nitrogen and oxygen atoms in total. The van der Waals surface area contributed by atoms with Gasteiger partial charge in [-0.1, -0.05) is 0 Å². The first-order chi connectivity index (χ1) is 9.15. The first kappa shape index (κ1) is 11.8. The summed E-state index contributed by atoms with van der Waals surface area (Å²) in [7, 11) is 0. The summed E-state index contributed by atoms with van der Waals surface area (Å²) in [4.78, 5) is 9.97. The van der Waals surface area contributed by atoms with Crippen LogP contribution in [0, 0.1) is 18.6 Å². The van der Waals surface area contributed by atoms with E-state index in [4.69, 9.17) is 4.74 Å². The van der Waals surface area contributed by atoms with Gasteiger partial charge in [-0.05, 0) is 19.1 Å². The lowest BCUT2D eigenvalue weighted by atomic mass is 10.2. The molecule has 0 N–H and O–H groups in total. The predicted octanol–water partition coefficient (Wildman–Crippen LogP) is 2.59. The van der Waals surface area contributed by atoms with Crippen molar-refractivity contribution in [1.29, 1.82) is 0 Å². The van der Waals surface area contributed by atoms with Crippen molar-refractivity contribution in [1.82, 2.24) is 9.97 Å². The number of aryl methyl sites for hydroxylation is 1. The van der Waals surface area contributed by atoms with Crippen molar-refractivity contribution in [2.24, 2.45) is 0 Å². The molecule has 0 amide bonds. The van der Waals surface area contributed by atoms with Gasteiger partial charge in [0, 0.05) is 6.07 Å².